The van der Waals surface area contributed by atoms with Crippen LogP contribution in [0.1, 0.15) is 0 Å². The maximum absolute atomic E-state index is 7.23. The summed E-state index contributed by atoms with van der Waals surface area (Å²) in [5.74, 6) is 0. The van der Waals surface area contributed by atoms with E-state index in [1.54, 1.807) is 0 Å². The fourth-order valence-electron chi connectivity index (χ4n) is 0. The topological polar surface area (TPSA) is 60.7 Å². The Morgan fingerprint density at radius 3 is 1.00 bits per heavy atom. The van der Waals surface area contributed by atoms with Gasteiger partial charge < -0.3 is 14.7 Å². The summed E-state index contributed by atoms with van der Waals surface area (Å²) in [7, 11) is -2.62. The van der Waals surface area contributed by atoms with Crippen LogP contribution in [0.2, 0.25) is 0 Å². The summed E-state index contributed by atoms with van der Waals surface area (Å²) in [5.41, 5.74) is 0. The van der Waals surface area contributed by atoms with E-state index >= 15 is 0 Å². The molecule has 0 atom stereocenters. The van der Waals surface area contributed by atoms with Crippen molar-refractivity contribution in [2.24, 2.45) is 0 Å². The van der Waals surface area contributed by atoms with Gasteiger partial charge >= 0.3 is 8.60 Å². The van der Waals surface area contributed by atoms with Gasteiger partial charge in [-0.15, -0.1) is 0 Å². The van der Waals surface area contributed by atoms with Gasteiger partial charge in [-0.1, -0.05) is 0 Å². The fraction of sp³-hybridized carbons (Fsp3) is 0. The van der Waals surface area contributed by atoms with E-state index in [2.05, 4.69) is 0 Å². The van der Waals surface area contributed by atoms with Crippen molar-refractivity contribution < 1.29 is 14.7 Å². The monoisotopic (exact) mass is 197 g/mol. The van der Waals surface area contributed by atoms with Crippen LogP contribution in [0.15, 0.2) is 0 Å². The zero-order chi connectivity index (χ0) is 3.58. The van der Waals surface area contributed by atoms with E-state index in [9.17, 15) is 0 Å². The van der Waals surface area contributed by atoms with Crippen LogP contribution in [0, 0.1) is 0 Å². The van der Waals surface area contributed by atoms with E-state index in [0.29, 0.717) is 0 Å². The summed E-state index contributed by atoms with van der Waals surface area (Å²) >= 11 is 0. The number of hydrogen-bond donors (Lipinski definition) is 3. The van der Waals surface area contributed by atoms with E-state index in [-0.39, 0.29) is 25.8 Å². The molecular formula is H3InO3P. The second-order valence-corrected chi connectivity index (χ2v) is 0.805. The predicted molar refractivity (Wildman–Crippen MR) is 19.3 cm³/mol. The molecule has 5 heteroatoms. The number of hydrogen-bond acceptors (Lipinski definition) is 3. The molecule has 0 aromatic rings. The summed E-state index contributed by atoms with van der Waals surface area (Å²) < 4.78 is 0. The van der Waals surface area contributed by atoms with Gasteiger partial charge in [-0.2, -0.15) is 0 Å². The molecule has 0 heterocycles. The van der Waals surface area contributed by atoms with Crippen molar-refractivity contribution in [3.05, 3.63) is 0 Å². The smallest absolute Gasteiger partial charge is 0.324 e. The van der Waals surface area contributed by atoms with Crippen molar-refractivity contribution in [1.82, 2.24) is 0 Å². The molecule has 0 saturated carbocycles. The molecule has 0 aliphatic carbocycles. The third kappa shape index (κ3) is 37.6. The maximum Gasteiger partial charge on any atom is 0.324 e. The van der Waals surface area contributed by atoms with Crippen LogP contribution in [0.3, 0.4) is 0 Å². The van der Waals surface area contributed by atoms with Gasteiger partial charge in [0.15, 0.2) is 0 Å². The molecule has 3 nitrogen and oxygen atoms in total. The van der Waals surface area contributed by atoms with Crippen LogP contribution in [-0.2, 0) is 0 Å². The van der Waals surface area contributed by atoms with Gasteiger partial charge in [0.1, 0.15) is 0 Å². The van der Waals surface area contributed by atoms with Gasteiger partial charge in [0.05, 0.1) is 0 Å². The molecule has 0 fully saturated rings. The van der Waals surface area contributed by atoms with Crippen molar-refractivity contribution in [1.29, 1.82) is 0 Å². The Labute approximate surface area is 49.4 Å². The van der Waals surface area contributed by atoms with Crippen LogP contribution in [0.5, 0.6) is 0 Å². The van der Waals surface area contributed by atoms with Gasteiger partial charge in [0.25, 0.3) is 0 Å². The van der Waals surface area contributed by atoms with Crippen LogP contribution in [-0.4, -0.2) is 40.5 Å². The Kier molecular flexibility index (Phi) is 9.83. The van der Waals surface area contributed by atoms with Crippen molar-refractivity contribution in [2.75, 3.05) is 0 Å². The molecule has 0 rings (SSSR count). The zero-order valence-electron chi connectivity index (χ0n) is 2.37. The van der Waals surface area contributed by atoms with Crippen molar-refractivity contribution in [3.8, 4) is 0 Å². The third-order valence-electron chi connectivity index (χ3n) is 0. The molecule has 29 valence electrons. The average molecular weight is 197 g/mol. The molecular weight excluding hydrogens is 194 g/mol. The third-order valence-corrected chi connectivity index (χ3v) is 0. The minimum Gasteiger partial charge on any atom is -0.328 e. The van der Waals surface area contributed by atoms with Crippen LogP contribution >= 0.6 is 8.60 Å². The molecule has 0 spiro atoms. The molecule has 0 saturated heterocycles. The van der Waals surface area contributed by atoms with Crippen molar-refractivity contribution in [2.45, 2.75) is 0 Å². The Morgan fingerprint density at radius 2 is 1.00 bits per heavy atom. The minimum atomic E-state index is -2.62. The van der Waals surface area contributed by atoms with Gasteiger partial charge in [0.2, 0.25) is 0 Å². The summed E-state index contributed by atoms with van der Waals surface area (Å²) in [5, 5.41) is 0. The Hall–Kier alpha value is 1.18. The second-order valence-electron chi connectivity index (χ2n) is 0.268. The first-order chi connectivity index (χ1) is 1.73. The van der Waals surface area contributed by atoms with Crippen LogP contribution < -0.4 is 0 Å². The fourth-order valence-corrected chi connectivity index (χ4v) is 0. The SMILES string of the molecule is OP(O)O.[In]. The molecule has 0 aliphatic heterocycles. The largest absolute Gasteiger partial charge is 0.328 e. The minimum absolute atomic E-state index is 0. The Morgan fingerprint density at radius 1 is 1.00 bits per heavy atom. The Bertz CT molecular complexity index is 11.6. The van der Waals surface area contributed by atoms with Crippen LogP contribution in [0.25, 0.3) is 0 Å². The van der Waals surface area contributed by atoms with E-state index in [1.165, 1.54) is 0 Å². The van der Waals surface area contributed by atoms with Gasteiger partial charge in [-0.25, -0.2) is 0 Å². The molecule has 0 bridgehead atoms. The van der Waals surface area contributed by atoms with Gasteiger partial charge in [-0.3, -0.25) is 0 Å². The first kappa shape index (κ1) is 9.49. The van der Waals surface area contributed by atoms with E-state index in [1.807, 2.05) is 0 Å². The summed E-state index contributed by atoms with van der Waals surface area (Å²) in [4.78, 5) is 21.7. The Balaban J connectivity index is 0. The molecule has 0 aromatic heterocycles. The average Bonchev–Trinajstić information content (AvgIpc) is 0.811. The molecule has 0 aromatic carbocycles. The summed E-state index contributed by atoms with van der Waals surface area (Å²) in [6, 6.07) is 0. The predicted octanol–water partition coefficient (Wildman–Crippen LogP) is -1.19. The summed E-state index contributed by atoms with van der Waals surface area (Å²) in [6.45, 7) is 0. The zero-order valence-corrected chi connectivity index (χ0v) is 6.56. The summed E-state index contributed by atoms with van der Waals surface area (Å²) in [6.07, 6.45) is 0. The van der Waals surface area contributed by atoms with Crippen molar-refractivity contribution in [3.63, 3.8) is 0 Å². The second kappa shape index (κ2) is 5.18. The van der Waals surface area contributed by atoms with E-state index in [4.69, 9.17) is 14.7 Å². The van der Waals surface area contributed by atoms with E-state index in [0.717, 1.165) is 0 Å². The maximum atomic E-state index is 7.23. The standard InChI is InChI=1S/In.H3O3P/c;1-4(2)3/h;1-3H. The van der Waals surface area contributed by atoms with Crippen LogP contribution in [0.4, 0.5) is 0 Å². The first-order valence-electron chi connectivity index (χ1n) is 0.600. The first-order valence-corrected chi connectivity index (χ1v) is 1.80. The van der Waals surface area contributed by atoms with E-state index < -0.39 is 8.60 Å². The normalized spacial score (nSPS) is 7.20. The molecule has 0 amide bonds. The van der Waals surface area contributed by atoms with Gasteiger partial charge in [-0.05, 0) is 0 Å². The number of rotatable bonds is 0. The molecule has 0 unspecified atom stereocenters. The molecule has 5 heavy (non-hydrogen) atoms. The quantitative estimate of drug-likeness (QED) is 0.427. The molecule has 3 N–H and O–H groups in total. The van der Waals surface area contributed by atoms with Crippen molar-refractivity contribution >= 4 is 34.4 Å². The van der Waals surface area contributed by atoms with Gasteiger partial charge in [0, 0.05) is 25.8 Å². The molecule has 3 radical (unpaired) electrons. The molecule has 0 aliphatic rings.